The van der Waals surface area contributed by atoms with Gasteiger partial charge in [-0.1, -0.05) is 13.8 Å². The lowest BCUT2D eigenvalue weighted by Gasteiger charge is -2.21. The molecule has 25 heavy (non-hydrogen) atoms. The van der Waals surface area contributed by atoms with E-state index in [1.54, 1.807) is 19.2 Å². The highest BCUT2D eigenvalue weighted by molar-refractivity contribution is 7.14. The quantitative estimate of drug-likeness (QED) is 0.856. The van der Waals surface area contributed by atoms with Crippen LogP contribution in [0.15, 0.2) is 29.4 Å². The summed E-state index contributed by atoms with van der Waals surface area (Å²) in [6.45, 7) is 9.56. The maximum absolute atomic E-state index is 13.0. The number of hydrogen-bond donors (Lipinski definition) is 1. The van der Waals surface area contributed by atoms with Crippen LogP contribution in [0.4, 0.5) is 0 Å². The van der Waals surface area contributed by atoms with E-state index in [9.17, 15) is 9.59 Å². The highest BCUT2D eigenvalue weighted by atomic mass is 32.1. The molecule has 0 bridgehead atoms. The molecule has 1 amide bonds. The Hall–Kier alpha value is -2.34. The van der Waals surface area contributed by atoms with Crippen LogP contribution in [0, 0.1) is 19.8 Å². The van der Waals surface area contributed by atoms with Gasteiger partial charge in [-0.25, -0.2) is 4.99 Å². The number of ketones is 1. The second-order valence-corrected chi connectivity index (χ2v) is 8.15. The standard InChI is InChI=1S/C19H21N3O2S/c1-10(2)19(5)18(24)21-17(22-19)15-13(8-11(3)9-20-15)16(23)14-7-6-12(4)25-14/h6-10H,1-5H3,(H,21,22,24). The number of thiophene rings is 1. The molecule has 1 atom stereocenters. The molecule has 2 aromatic heterocycles. The minimum absolute atomic E-state index is 0.0366. The van der Waals surface area contributed by atoms with E-state index in [-0.39, 0.29) is 17.6 Å². The smallest absolute Gasteiger partial charge is 0.253 e. The summed E-state index contributed by atoms with van der Waals surface area (Å²) in [6.07, 6.45) is 1.69. The molecule has 0 aromatic carbocycles. The van der Waals surface area contributed by atoms with Crippen LogP contribution in [0.2, 0.25) is 0 Å². The summed E-state index contributed by atoms with van der Waals surface area (Å²) in [4.78, 5) is 36.1. The van der Waals surface area contributed by atoms with Gasteiger partial charge in [-0.05, 0) is 50.5 Å². The average molecular weight is 355 g/mol. The molecule has 5 nitrogen and oxygen atoms in total. The van der Waals surface area contributed by atoms with Gasteiger partial charge in [-0.3, -0.25) is 14.6 Å². The highest BCUT2D eigenvalue weighted by Crippen LogP contribution is 2.28. The van der Waals surface area contributed by atoms with Crippen molar-refractivity contribution in [3.8, 4) is 0 Å². The van der Waals surface area contributed by atoms with Crippen molar-refractivity contribution >= 4 is 28.9 Å². The van der Waals surface area contributed by atoms with Crippen molar-refractivity contribution in [3.05, 3.63) is 51.0 Å². The van der Waals surface area contributed by atoms with E-state index >= 15 is 0 Å². The molecule has 0 spiro atoms. The monoisotopic (exact) mass is 355 g/mol. The second kappa shape index (κ2) is 6.19. The van der Waals surface area contributed by atoms with Gasteiger partial charge in [-0.15, -0.1) is 11.3 Å². The lowest BCUT2D eigenvalue weighted by molar-refractivity contribution is -0.124. The summed E-state index contributed by atoms with van der Waals surface area (Å²) in [5.41, 5.74) is 0.937. The number of nitrogens with zero attached hydrogens (tertiary/aromatic N) is 2. The summed E-state index contributed by atoms with van der Waals surface area (Å²) < 4.78 is 0. The molecule has 1 unspecified atom stereocenters. The zero-order chi connectivity index (χ0) is 18.4. The Labute approximate surface area is 151 Å². The zero-order valence-electron chi connectivity index (χ0n) is 15.0. The molecular weight excluding hydrogens is 334 g/mol. The van der Waals surface area contributed by atoms with Gasteiger partial charge < -0.3 is 5.32 Å². The molecule has 130 valence electrons. The van der Waals surface area contributed by atoms with E-state index in [0.29, 0.717) is 22.0 Å². The Morgan fingerprint density at radius 2 is 2.00 bits per heavy atom. The Morgan fingerprint density at radius 1 is 1.28 bits per heavy atom. The van der Waals surface area contributed by atoms with Crippen LogP contribution in [-0.4, -0.2) is 28.0 Å². The Kier molecular flexibility index (Phi) is 4.33. The molecule has 0 saturated carbocycles. The van der Waals surface area contributed by atoms with Gasteiger partial charge in [0.1, 0.15) is 11.2 Å². The van der Waals surface area contributed by atoms with E-state index < -0.39 is 5.54 Å². The van der Waals surface area contributed by atoms with Crippen molar-refractivity contribution in [2.75, 3.05) is 0 Å². The van der Waals surface area contributed by atoms with Crippen molar-refractivity contribution < 1.29 is 9.59 Å². The third-order valence-electron chi connectivity index (χ3n) is 4.62. The molecule has 0 radical (unpaired) electrons. The van der Waals surface area contributed by atoms with Crippen molar-refractivity contribution in [1.82, 2.24) is 10.3 Å². The van der Waals surface area contributed by atoms with E-state index in [2.05, 4.69) is 15.3 Å². The SMILES string of the molecule is Cc1cnc(C2=NC(C)(C(C)C)C(=O)N2)c(C(=O)c2ccc(C)s2)c1. The number of amidine groups is 1. The third-order valence-corrected chi connectivity index (χ3v) is 5.62. The van der Waals surface area contributed by atoms with E-state index in [0.717, 1.165) is 10.4 Å². The summed E-state index contributed by atoms with van der Waals surface area (Å²) in [5, 5.41) is 2.81. The molecule has 3 rings (SSSR count). The lowest BCUT2D eigenvalue weighted by atomic mass is 9.89. The number of carbonyl (C=O) groups is 2. The number of carbonyl (C=O) groups excluding carboxylic acids is 2. The van der Waals surface area contributed by atoms with Crippen LogP contribution < -0.4 is 5.32 Å². The molecule has 1 aliphatic heterocycles. The molecule has 0 aliphatic carbocycles. The predicted octanol–water partition coefficient (Wildman–Crippen LogP) is 3.28. The Morgan fingerprint density at radius 3 is 2.56 bits per heavy atom. The second-order valence-electron chi connectivity index (χ2n) is 6.87. The number of pyridine rings is 1. The number of rotatable bonds is 4. The van der Waals surface area contributed by atoms with Crippen molar-refractivity contribution in [1.29, 1.82) is 0 Å². The van der Waals surface area contributed by atoms with Gasteiger partial charge in [0.25, 0.3) is 5.91 Å². The van der Waals surface area contributed by atoms with E-state index in [4.69, 9.17) is 0 Å². The average Bonchev–Trinajstić information content (AvgIpc) is 3.11. The first-order valence-corrected chi connectivity index (χ1v) is 9.03. The van der Waals surface area contributed by atoms with Crippen LogP contribution in [0.3, 0.4) is 0 Å². The van der Waals surface area contributed by atoms with E-state index in [1.165, 1.54) is 11.3 Å². The first-order valence-electron chi connectivity index (χ1n) is 8.22. The van der Waals surface area contributed by atoms with Crippen LogP contribution in [-0.2, 0) is 4.79 Å². The number of amides is 1. The lowest BCUT2D eigenvalue weighted by Crippen LogP contribution is -2.41. The van der Waals surface area contributed by atoms with E-state index in [1.807, 2.05) is 39.8 Å². The van der Waals surface area contributed by atoms with Crippen molar-refractivity contribution in [3.63, 3.8) is 0 Å². The fourth-order valence-electron chi connectivity index (χ4n) is 2.67. The van der Waals surface area contributed by atoms with Gasteiger partial charge in [0.15, 0.2) is 5.84 Å². The van der Waals surface area contributed by atoms with Gasteiger partial charge in [0, 0.05) is 11.1 Å². The summed E-state index contributed by atoms with van der Waals surface area (Å²) in [7, 11) is 0. The number of aliphatic imine (C=N–C) groups is 1. The topological polar surface area (TPSA) is 71.4 Å². The summed E-state index contributed by atoms with van der Waals surface area (Å²) >= 11 is 1.45. The first kappa shape index (κ1) is 17.5. The van der Waals surface area contributed by atoms with Crippen LogP contribution in [0.5, 0.6) is 0 Å². The first-order chi connectivity index (χ1) is 11.7. The van der Waals surface area contributed by atoms with Gasteiger partial charge in [0.2, 0.25) is 5.78 Å². The normalized spacial score (nSPS) is 19.9. The molecule has 2 aromatic rings. The third kappa shape index (κ3) is 3.02. The Balaban J connectivity index is 2.10. The van der Waals surface area contributed by atoms with Crippen LogP contribution in [0.25, 0.3) is 0 Å². The molecule has 1 aliphatic rings. The fraction of sp³-hybridized carbons (Fsp3) is 0.368. The van der Waals surface area contributed by atoms with Crippen LogP contribution in [0.1, 0.15) is 52.1 Å². The largest absolute Gasteiger partial charge is 0.307 e. The van der Waals surface area contributed by atoms with Gasteiger partial charge in [-0.2, -0.15) is 0 Å². The maximum Gasteiger partial charge on any atom is 0.253 e. The minimum atomic E-state index is -0.845. The molecule has 0 fully saturated rings. The van der Waals surface area contributed by atoms with Crippen molar-refractivity contribution in [2.24, 2.45) is 10.9 Å². The van der Waals surface area contributed by atoms with Gasteiger partial charge in [0.05, 0.1) is 10.4 Å². The predicted molar refractivity (Wildman–Crippen MR) is 99.4 cm³/mol. The molecule has 3 heterocycles. The van der Waals surface area contributed by atoms with Crippen molar-refractivity contribution in [2.45, 2.75) is 40.2 Å². The highest BCUT2D eigenvalue weighted by Gasteiger charge is 2.43. The Bertz CT molecular complexity index is 898. The number of aryl methyl sites for hydroxylation is 2. The fourth-order valence-corrected chi connectivity index (χ4v) is 3.49. The van der Waals surface area contributed by atoms with Gasteiger partial charge >= 0.3 is 0 Å². The molecular formula is C19H21N3O2S. The molecule has 6 heteroatoms. The zero-order valence-corrected chi connectivity index (χ0v) is 15.8. The number of nitrogens with one attached hydrogen (secondary N) is 1. The number of hydrogen-bond acceptors (Lipinski definition) is 5. The summed E-state index contributed by atoms with van der Waals surface area (Å²) in [5.74, 6) is 0.150. The molecule has 0 saturated heterocycles. The minimum Gasteiger partial charge on any atom is -0.307 e. The number of aromatic nitrogens is 1. The van der Waals surface area contributed by atoms with Crippen LogP contribution >= 0.6 is 11.3 Å². The maximum atomic E-state index is 13.0. The summed E-state index contributed by atoms with van der Waals surface area (Å²) in [6, 6.07) is 5.55. The molecule has 1 N–H and O–H groups in total.